The van der Waals surface area contributed by atoms with Gasteiger partial charge in [0.05, 0.1) is 0 Å². The summed E-state index contributed by atoms with van der Waals surface area (Å²) in [5, 5.41) is 0. The van der Waals surface area contributed by atoms with Crippen LogP contribution >= 0.6 is 7.94 Å². The van der Waals surface area contributed by atoms with Crippen molar-refractivity contribution in [2.75, 3.05) is 18.6 Å². The van der Waals surface area contributed by atoms with Gasteiger partial charge in [-0.05, 0) is 0 Å². The standard InChI is InChI=1S/C3H9INOP/c1-4-5(2)7(3)6/h1-3H3. The summed E-state index contributed by atoms with van der Waals surface area (Å²) >= 11 is 0.0540. The molecule has 2 nitrogen and oxygen atoms in total. The van der Waals surface area contributed by atoms with Crippen molar-refractivity contribution in [2.45, 2.75) is 0 Å². The molecule has 0 bridgehead atoms. The van der Waals surface area contributed by atoms with Crippen molar-refractivity contribution < 1.29 is 28.9 Å². The SMILES string of the molecule is C[I-][N+](C)=[P+](C)[O-]. The molecule has 0 rings (SSSR count). The molecular weight excluding hydrogens is 224 g/mol. The van der Waals surface area contributed by atoms with Gasteiger partial charge in [-0.1, -0.05) is 0 Å². The molecule has 0 amide bonds. The van der Waals surface area contributed by atoms with Crippen LogP contribution in [-0.2, 0) is 0 Å². The van der Waals surface area contributed by atoms with Gasteiger partial charge in [0, 0.05) is 0 Å². The van der Waals surface area contributed by atoms with E-state index >= 15 is 0 Å². The molecule has 0 radical (unpaired) electrons. The molecule has 0 heterocycles. The Morgan fingerprint density at radius 2 is 2.14 bits per heavy atom. The minimum absolute atomic E-state index is 0.0540. The zero-order valence-electron chi connectivity index (χ0n) is 4.68. The van der Waals surface area contributed by atoms with Crippen LogP contribution in [0.15, 0.2) is 0 Å². The Labute approximate surface area is 55.7 Å². The summed E-state index contributed by atoms with van der Waals surface area (Å²) in [4.78, 5) is 12.6. The third-order valence-corrected chi connectivity index (χ3v) is 5.64. The van der Waals surface area contributed by atoms with Crippen molar-refractivity contribution in [3.63, 3.8) is 0 Å². The molecule has 1 unspecified atom stereocenters. The summed E-state index contributed by atoms with van der Waals surface area (Å²) in [6.45, 7) is 1.73. The molecule has 7 heavy (non-hydrogen) atoms. The molecule has 0 aliphatic rings. The topological polar surface area (TPSA) is 26.1 Å². The normalized spacial score (nSPS) is 14.3. The van der Waals surface area contributed by atoms with Gasteiger partial charge >= 0.3 is 55.5 Å². The van der Waals surface area contributed by atoms with Crippen LogP contribution in [0.1, 0.15) is 0 Å². The maximum atomic E-state index is 10.5. The summed E-state index contributed by atoms with van der Waals surface area (Å²) in [5.41, 5.74) is 0. The van der Waals surface area contributed by atoms with E-state index in [1.54, 1.807) is 6.66 Å². The van der Waals surface area contributed by atoms with Crippen LogP contribution in [-0.4, -0.2) is 21.2 Å². The van der Waals surface area contributed by atoms with Crippen LogP contribution in [0.25, 0.3) is 0 Å². The zero-order chi connectivity index (χ0) is 5.86. The second kappa shape index (κ2) is 3.75. The van der Waals surface area contributed by atoms with Crippen molar-refractivity contribution in [2.24, 2.45) is 0 Å². The van der Waals surface area contributed by atoms with Crippen LogP contribution in [0.2, 0.25) is 0 Å². The van der Waals surface area contributed by atoms with Gasteiger partial charge in [0.2, 0.25) is 0 Å². The van der Waals surface area contributed by atoms with E-state index in [9.17, 15) is 4.89 Å². The third kappa shape index (κ3) is 3.38. The van der Waals surface area contributed by atoms with Gasteiger partial charge in [-0.15, -0.1) is 0 Å². The van der Waals surface area contributed by atoms with E-state index in [2.05, 4.69) is 4.93 Å². The van der Waals surface area contributed by atoms with E-state index < -0.39 is 7.94 Å². The fraction of sp³-hybridized carbons (Fsp3) is 1.00. The number of alkyl halides is 1. The monoisotopic (exact) mass is 233 g/mol. The van der Waals surface area contributed by atoms with Gasteiger partial charge in [0.1, 0.15) is 0 Å². The maximum absolute atomic E-state index is 10.5. The Morgan fingerprint density at radius 3 is 2.14 bits per heavy atom. The third-order valence-electron chi connectivity index (χ3n) is 0.633. The molecule has 0 saturated heterocycles. The van der Waals surface area contributed by atoms with Crippen molar-refractivity contribution >= 4 is 7.94 Å². The minimum atomic E-state index is -1.03. The summed E-state index contributed by atoms with van der Waals surface area (Å²) in [7, 11) is 0.865. The molecule has 4 heteroatoms. The van der Waals surface area contributed by atoms with E-state index in [0.717, 1.165) is 0 Å². The van der Waals surface area contributed by atoms with Crippen LogP contribution < -0.4 is 26.4 Å². The van der Waals surface area contributed by atoms with Crippen LogP contribution in [0.3, 0.4) is 0 Å². The second-order valence-corrected chi connectivity index (χ2v) is 5.78. The molecule has 0 fully saturated rings. The Morgan fingerprint density at radius 1 is 1.71 bits per heavy atom. The van der Waals surface area contributed by atoms with E-state index in [1.165, 1.54) is 0 Å². The van der Waals surface area contributed by atoms with Gasteiger partial charge in [-0.25, -0.2) is 0 Å². The van der Waals surface area contributed by atoms with Crippen LogP contribution in [0.5, 0.6) is 0 Å². The Balaban J connectivity index is 3.72. The van der Waals surface area contributed by atoms with Crippen molar-refractivity contribution in [3.05, 3.63) is 0 Å². The summed E-state index contributed by atoms with van der Waals surface area (Å²) < 4.78 is 1.91. The fourth-order valence-electron chi connectivity index (χ4n) is 0.106. The first-order valence-electron chi connectivity index (χ1n) is 1.82. The van der Waals surface area contributed by atoms with E-state index in [-0.39, 0.29) is 21.5 Å². The van der Waals surface area contributed by atoms with Crippen LogP contribution in [0, 0.1) is 0 Å². The van der Waals surface area contributed by atoms with E-state index in [4.69, 9.17) is 0 Å². The first-order chi connectivity index (χ1) is 3.18. The molecule has 0 aromatic heterocycles. The number of hydrogen-bond donors (Lipinski definition) is 0. The van der Waals surface area contributed by atoms with E-state index in [1.807, 2.05) is 9.59 Å². The van der Waals surface area contributed by atoms with Gasteiger partial charge < -0.3 is 0 Å². The van der Waals surface area contributed by atoms with Crippen molar-refractivity contribution in [1.29, 1.82) is 0 Å². The molecule has 0 saturated carbocycles. The molecular formula is C3H9INOP. The predicted octanol–water partition coefficient (Wildman–Crippen LogP) is -3.17. The molecule has 44 valence electrons. The molecule has 0 N–H and O–H groups in total. The van der Waals surface area contributed by atoms with Crippen molar-refractivity contribution in [1.82, 2.24) is 0 Å². The van der Waals surface area contributed by atoms with Crippen LogP contribution in [0.4, 0.5) is 0 Å². The number of hydrogen-bond acceptors (Lipinski definition) is 1. The summed E-state index contributed by atoms with van der Waals surface area (Å²) in [5.74, 6) is 0. The summed E-state index contributed by atoms with van der Waals surface area (Å²) in [6.07, 6.45) is 0. The predicted molar refractivity (Wildman–Crippen MR) is 25.0 cm³/mol. The Hall–Kier alpha value is 0.790. The van der Waals surface area contributed by atoms with E-state index in [0.29, 0.717) is 0 Å². The number of nitrogens with zero attached hydrogens (tertiary/aromatic N) is 1. The molecule has 0 spiro atoms. The first kappa shape index (κ1) is 7.79. The van der Waals surface area contributed by atoms with Crippen molar-refractivity contribution in [3.8, 4) is 0 Å². The van der Waals surface area contributed by atoms with Gasteiger partial charge in [-0.3, -0.25) is 0 Å². The molecule has 1 atom stereocenters. The second-order valence-electron chi connectivity index (χ2n) is 1.08. The number of rotatable bonds is 1. The molecule has 0 aliphatic heterocycles. The van der Waals surface area contributed by atoms with Gasteiger partial charge in [0.15, 0.2) is 0 Å². The first-order valence-corrected chi connectivity index (χ1v) is 6.61. The quantitative estimate of drug-likeness (QED) is 0.203. The molecule has 0 aromatic rings. The zero-order valence-corrected chi connectivity index (χ0v) is 7.73. The van der Waals surface area contributed by atoms with Gasteiger partial charge in [0.25, 0.3) is 0 Å². The number of halogens is 1. The molecule has 0 aliphatic carbocycles. The fourth-order valence-corrected chi connectivity index (χ4v) is 2.14. The molecule has 0 aromatic carbocycles. The van der Waals surface area contributed by atoms with Gasteiger partial charge in [-0.2, -0.15) is 0 Å². The average molecular weight is 233 g/mol. The Bertz CT molecular complexity index is 88.9. The summed E-state index contributed by atoms with van der Waals surface area (Å²) in [6, 6.07) is 0. The Kier molecular flexibility index (Phi) is 4.17. The average Bonchev–Trinajstić information content (AvgIpc) is 1.65.